The number of hydrogen-bond donors (Lipinski definition) is 2. The Bertz CT molecular complexity index is 410. The van der Waals surface area contributed by atoms with Crippen molar-refractivity contribution in [2.45, 2.75) is 18.9 Å². The first-order chi connectivity index (χ1) is 8.84. The number of rotatable bonds is 2. The molecule has 0 spiro atoms. The lowest BCUT2D eigenvalue weighted by atomic mass is 10.1. The van der Waals surface area contributed by atoms with E-state index in [1.54, 1.807) is 6.07 Å². The Morgan fingerprint density at radius 3 is 2.83 bits per heavy atom. The van der Waals surface area contributed by atoms with E-state index in [1.807, 2.05) is 6.07 Å². The number of nitrogens with one attached hydrogen (secondary N) is 1. The third-order valence-electron chi connectivity index (χ3n) is 3.76. The smallest absolute Gasteiger partial charge is 0.121 e. The van der Waals surface area contributed by atoms with Crippen LogP contribution < -0.4 is 10.2 Å². The summed E-state index contributed by atoms with van der Waals surface area (Å²) in [5.41, 5.74) is 2.11. The van der Waals surface area contributed by atoms with Gasteiger partial charge < -0.3 is 20.1 Å². The zero-order valence-electron chi connectivity index (χ0n) is 10.6. The van der Waals surface area contributed by atoms with Gasteiger partial charge in [-0.3, -0.25) is 0 Å². The molecule has 2 saturated heterocycles. The molecule has 0 saturated carbocycles. The van der Waals surface area contributed by atoms with E-state index in [0.717, 1.165) is 31.7 Å². The fourth-order valence-corrected chi connectivity index (χ4v) is 2.74. The molecule has 18 heavy (non-hydrogen) atoms. The molecule has 1 aromatic rings. The maximum atomic E-state index is 10.0. The van der Waals surface area contributed by atoms with Crippen LogP contribution in [0.2, 0.25) is 0 Å². The molecule has 2 aliphatic rings. The molecule has 0 aliphatic carbocycles. The van der Waals surface area contributed by atoms with E-state index in [2.05, 4.69) is 16.3 Å². The highest BCUT2D eigenvalue weighted by atomic mass is 16.5. The molecule has 0 aromatic heterocycles. The Morgan fingerprint density at radius 2 is 2.11 bits per heavy atom. The average Bonchev–Trinajstić information content (AvgIpc) is 2.94. The van der Waals surface area contributed by atoms with Crippen LogP contribution in [0.25, 0.3) is 0 Å². The van der Waals surface area contributed by atoms with Crippen molar-refractivity contribution in [3.8, 4) is 5.75 Å². The minimum absolute atomic E-state index is 0.0266. The predicted octanol–water partition coefficient (Wildman–Crippen LogP) is 1.65. The van der Waals surface area contributed by atoms with E-state index in [-0.39, 0.29) is 6.10 Å². The van der Waals surface area contributed by atoms with E-state index >= 15 is 0 Å². The largest absolute Gasteiger partial charge is 0.508 e. The van der Waals surface area contributed by atoms with E-state index < -0.39 is 0 Å². The molecule has 0 bridgehead atoms. The van der Waals surface area contributed by atoms with Gasteiger partial charge in [0.2, 0.25) is 0 Å². The molecule has 2 N–H and O–H groups in total. The van der Waals surface area contributed by atoms with Crippen LogP contribution in [-0.2, 0) is 4.74 Å². The molecular formula is C14H20N2O2. The molecule has 98 valence electrons. The van der Waals surface area contributed by atoms with Crippen LogP contribution >= 0.6 is 0 Å². The zero-order chi connectivity index (χ0) is 12.4. The fraction of sp³-hybridized carbons (Fsp3) is 0.571. The standard InChI is InChI=1S/C14H20N2O2/c17-13-4-3-11(16-6-1-2-7-16)9-12(13)14-10-15-5-8-18-14/h3-4,9,14-15,17H,1-2,5-8,10H2. The summed E-state index contributed by atoms with van der Waals surface area (Å²) in [4.78, 5) is 2.37. The van der Waals surface area contributed by atoms with Crippen molar-refractivity contribution in [2.24, 2.45) is 0 Å². The molecule has 1 aromatic carbocycles. The predicted molar refractivity (Wildman–Crippen MR) is 71.1 cm³/mol. The molecule has 1 atom stereocenters. The summed E-state index contributed by atoms with van der Waals surface area (Å²) in [5, 5.41) is 13.3. The van der Waals surface area contributed by atoms with Gasteiger partial charge >= 0.3 is 0 Å². The van der Waals surface area contributed by atoms with Gasteiger partial charge in [0.25, 0.3) is 0 Å². The van der Waals surface area contributed by atoms with Crippen molar-refractivity contribution < 1.29 is 9.84 Å². The quantitative estimate of drug-likeness (QED) is 0.835. The van der Waals surface area contributed by atoms with Gasteiger partial charge in [-0.05, 0) is 31.0 Å². The summed E-state index contributed by atoms with van der Waals surface area (Å²) in [7, 11) is 0. The van der Waals surface area contributed by atoms with Crippen LogP contribution in [0.3, 0.4) is 0 Å². The highest BCUT2D eigenvalue weighted by Crippen LogP contribution is 2.32. The number of aromatic hydroxyl groups is 1. The lowest BCUT2D eigenvalue weighted by Crippen LogP contribution is -2.33. The average molecular weight is 248 g/mol. The van der Waals surface area contributed by atoms with Gasteiger partial charge in [-0.25, -0.2) is 0 Å². The van der Waals surface area contributed by atoms with Gasteiger partial charge in [0.05, 0.1) is 12.7 Å². The van der Waals surface area contributed by atoms with E-state index in [0.29, 0.717) is 12.4 Å². The number of benzene rings is 1. The van der Waals surface area contributed by atoms with E-state index in [9.17, 15) is 5.11 Å². The number of anilines is 1. The first-order valence-electron chi connectivity index (χ1n) is 6.75. The topological polar surface area (TPSA) is 44.7 Å². The Kier molecular flexibility index (Phi) is 3.39. The van der Waals surface area contributed by atoms with Gasteiger partial charge in [-0.15, -0.1) is 0 Å². The SMILES string of the molecule is Oc1ccc(N2CCCC2)cc1C1CNCCO1. The molecule has 0 amide bonds. The fourth-order valence-electron chi connectivity index (χ4n) is 2.74. The normalized spacial score (nSPS) is 24.4. The third-order valence-corrected chi connectivity index (χ3v) is 3.76. The van der Waals surface area contributed by atoms with Crippen molar-refractivity contribution >= 4 is 5.69 Å². The Balaban J connectivity index is 1.85. The monoisotopic (exact) mass is 248 g/mol. The molecule has 1 unspecified atom stereocenters. The summed E-state index contributed by atoms with van der Waals surface area (Å²) in [6, 6.07) is 5.87. The molecule has 4 nitrogen and oxygen atoms in total. The lowest BCUT2D eigenvalue weighted by Gasteiger charge is -2.26. The van der Waals surface area contributed by atoms with Crippen molar-refractivity contribution in [2.75, 3.05) is 37.7 Å². The maximum absolute atomic E-state index is 10.0. The molecule has 3 rings (SSSR count). The van der Waals surface area contributed by atoms with Gasteiger partial charge in [-0.2, -0.15) is 0 Å². The minimum atomic E-state index is -0.0266. The molecular weight excluding hydrogens is 228 g/mol. The molecule has 2 fully saturated rings. The van der Waals surface area contributed by atoms with E-state index in [4.69, 9.17) is 4.74 Å². The van der Waals surface area contributed by atoms with Gasteiger partial charge in [0.15, 0.2) is 0 Å². The van der Waals surface area contributed by atoms with E-state index in [1.165, 1.54) is 18.5 Å². The number of phenols is 1. The van der Waals surface area contributed by atoms with Crippen LogP contribution in [0, 0.1) is 0 Å². The van der Waals surface area contributed by atoms with Crippen molar-refractivity contribution in [1.29, 1.82) is 0 Å². The number of hydrogen-bond acceptors (Lipinski definition) is 4. The van der Waals surface area contributed by atoms with Crippen LogP contribution in [0.5, 0.6) is 5.75 Å². The minimum Gasteiger partial charge on any atom is -0.508 e. The number of phenolic OH excluding ortho intramolecular Hbond substituents is 1. The summed E-state index contributed by atoms with van der Waals surface area (Å²) >= 11 is 0. The first kappa shape index (κ1) is 11.8. The summed E-state index contributed by atoms with van der Waals surface area (Å²) in [6.45, 7) is 4.61. The second-order valence-electron chi connectivity index (χ2n) is 5.00. The number of ether oxygens (including phenoxy) is 1. The Labute approximate surface area is 108 Å². The summed E-state index contributed by atoms with van der Waals surface area (Å²) in [6.07, 6.45) is 2.50. The van der Waals surface area contributed by atoms with Crippen LogP contribution in [0.1, 0.15) is 24.5 Å². The van der Waals surface area contributed by atoms with Crippen molar-refractivity contribution in [3.63, 3.8) is 0 Å². The number of morpholine rings is 1. The second kappa shape index (κ2) is 5.16. The van der Waals surface area contributed by atoms with Gasteiger partial charge in [0, 0.05) is 37.4 Å². The molecule has 2 heterocycles. The first-order valence-corrected chi connectivity index (χ1v) is 6.75. The maximum Gasteiger partial charge on any atom is 0.121 e. The lowest BCUT2D eigenvalue weighted by molar-refractivity contribution is 0.0263. The van der Waals surface area contributed by atoms with Crippen molar-refractivity contribution in [3.05, 3.63) is 23.8 Å². The van der Waals surface area contributed by atoms with Crippen LogP contribution in [0.15, 0.2) is 18.2 Å². The van der Waals surface area contributed by atoms with Crippen molar-refractivity contribution in [1.82, 2.24) is 5.32 Å². The summed E-state index contributed by atoms with van der Waals surface area (Å²) in [5.74, 6) is 0.339. The molecule has 4 heteroatoms. The molecule has 0 radical (unpaired) electrons. The summed E-state index contributed by atoms with van der Waals surface area (Å²) < 4.78 is 5.72. The highest BCUT2D eigenvalue weighted by molar-refractivity contribution is 5.54. The Hall–Kier alpha value is -1.26. The third kappa shape index (κ3) is 2.31. The molecule has 2 aliphatic heterocycles. The van der Waals surface area contributed by atoms with Gasteiger partial charge in [0.1, 0.15) is 5.75 Å². The van der Waals surface area contributed by atoms with Gasteiger partial charge in [-0.1, -0.05) is 0 Å². The second-order valence-corrected chi connectivity index (χ2v) is 5.00. The number of nitrogens with zero attached hydrogens (tertiary/aromatic N) is 1. The highest BCUT2D eigenvalue weighted by Gasteiger charge is 2.21. The van der Waals surface area contributed by atoms with Crippen LogP contribution in [-0.4, -0.2) is 37.9 Å². The zero-order valence-corrected chi connectivity index (χ0v) is 10.6. The van der Waals surface area contributed by atoms with Crippen LogP contribution in [0.4, 0.5) is 5.69 Å². The Morgan fingerprint density at radius 1 is 1.28 bits per heavy atom.